The van der Waals surface area contributed by atoms with E-state index in [0.29, 0.717) is 0 Å². The van der Waals surface area contributed by atoms with Gasteiger partial charge in [-0.2, -0.15) is 0 Å². The Labute approximate surface area is 106 Å². The van der Waals surface area contributed by atoms with Gasteiger partial charge in [-0.3, -0.25) is 9.59 Å². The number of carbonyl (C=O) groups excluding carboxylic acids is 2. The van der Waals surface area contributed by atoms with Crippen molar-refractivity contribution in [1.29, 1.82) is 0 Å². The molecule has 0 unspecified atom stereocenters. The molecule has 0 aliphatic rings. The third kappa shape index (κ3) is 3.85. The molecule has 1 rings (SSSR count). The average Bonchev–Trinajstić information content (AvgIpc) is 2.30. The number of carbonyl (C=O) groups is 2. The zero-order valence-electron chi connectivity index (χ0n) is 10.9. The lowest BCUT2D eigenvalue weighted by Gasteiger charge is -2.13. The highest BCUT2D eigenvalue weighted by Crippen LogP contribution is 2.22. The van der Waals surface area contributed by atoms with Crippen LogP contribution >= 0.6 is 0 Å². The predicted molar refractivity (Wildman–Crippen MR) is 69.1 cm³/mol. The molecule has 0 heterocycles. The van der Waals surface area contributed by atoms with Crippen LogP contribution in [0.2, 0.25) is 0 Å². The molecule has 5 nitrogen and oxygen atoms in total. The largest absolute Gasteiger partial charge is 0.461 e. The van der Waals surface area contributed by atoms with Gasteiger partial charge in [-0.15, -0.1) is 0 Å². The SMILES string of the molecule is CC(=O)OCc1cc(C)c(NC(=O)CN)c(C)c1. The van der Waals surface area contributed by atoms with Crippen LogP contribution in [0, 0.1) is 13.8 Å². The minimum absolute atomic E-state index is 0.0475. The number of ether oxygens (including phenoxy) is 1. The molecule has 3 N–H and O–H groups in total. The van der Waals surface area contributed by atoms with E-state index in [0.717, 1.165) is 22.4 Å². The van der Waals surface area contributed by atoms with Gasteiger partial charge in [0, 0.05) is 12.6 Å². The Balaban J connectivity index is 2.90. The Morgan fingerprint density at radius 2 is 1.83 bits per heavy atom. The van der Waals surface area contributed by atoms with Gasteiger partial charge in [0.2, 0.25) is 5.91 Å². The number of nitrogens with two attached hydrogens (primary N) is 1. The molecule has 1 aromatic carbocycles. The summed E-state index contributed by atoms with van der Waals surface area (Å²) in [4.78, 5) is 22.0. The molecule has 0 fully saturated rings. The Kier molecular flexibility index (Phi) is 4.85. The summed E-state index contributed by atoms with van der Waals surface area (Å²) in [5.41, 5.74) is 8.75. The summed E-state index contributed by atoms with van der Waals surface area (Å²) in [7, 11) is 0. The van der Waals surface area contributed by atoms with Crippen molar-refractivity contribution in [3.8, 4) is 0 Å². The summed E-state index contributed by atoms with van der Waals surface area (Å²) in [6.07, 6.45) is 0. The number of rotatable bonds is 4. The van der Waals surface area contributed by atoms with Crippen LogP contribution in [0.4, 0.5) is 5.69 Å². The fourth-order valence-corrected chi connectivity index (χ4v) is 1.71. The van der Waals surface area contributed by atoms with Gasteiger partial charge in [0.1, 0.15) is 6.61 Å². The fourth-order valence-electron chi connectivity index (χ4n) is 1.71. The molecule has 0 aromatic heterocycles. The van der Waals surface area contributed by atoms with Crippen molar-refractivity contribution >= 4 is 17.6 Å². The monoisotopic (exact) mass is 250 g/mol. The van der Waals surface area contributed by atoms with Gasteiger partial charge < -0.3 is 15.8 Å². The highest BCUT2D eigenvalue weighted by Gasteiger charge is 2.08. The van der Waals surface area contributed by atoms with Crippen LogP contribution in [-0.2, 0) is 20.9 Å². The maximum Gasteiger partial charge on any atom is 0.302 e. The summed E-state index contributed by atoms with van der Waals surface area (Å²) < 4.78 is 4.93. The number of anilines is 1. The second-order valence-corrected chi connectivity index (χ2v) is 4.14. The molecule has 98 valence electrons. The Hall–Kier alpha value is -1.88. The fraction of sp³-hybridized carbons (Fsp3) is 0.385. The first-order valence-electron chi connectivity index (χ1n) is 5.67. The van der Waals surface area contributed by atoms with Gasteiger partial charge in [-0.1, -0.05) is 12.1 Å². The smallest absolute Gasteiger partial charge is 0.302 e. The van der Waals surface area contributed by atoms with Crippen molar-refractivity contribution in [3.63, 3.8) is 0 Å². The van der Waals surface area contributed by atoms with Crippen LogP contribution in [0.1, 0.15) is 23.6 Å². The van der Waals surface area contributed by atoms with E-state index in [9.17, 15) is 9.59 Å². The lowest BCUT2D eigenvalue weighted by Crippen LogP contribution is -2.22. The molecule has 0 saturated carbocycles. The molecule has 0 radical (unpaired) electrons. The Morgan fingerprint density at radius 3 is 2.28 bits per heavy atom. The van der Waals surface area contributed by atoms with Gasteiger partial charge >= 0.3 is 5.97 Å². The number of amides is 1. The first-order valence-corrected chi connectivity index (χ1v) is 5.67. The van der Waals surface area contributed by atoms with Crippen LogP contribution in [0.25, 0.3) is 0 Å². The molecule has 18 heavy (non-hydrogen) atoms. The lowest BCUT2D eigenvalue weighted by atomic mass is 10.0. The van der Waals surface area contributed by atoms with Crippen molar-refractivity contribution in [1.82, 2.24) is 0 Å². The van der Waals surface area contributed by atoms with E-state index in [-0.39, 0.29) is 25.0 Å². The van der Waals surface area contributed by atoms with Crippen molar-refractivity contribution in [2.24, 2.45) is 5.73 Å². The lowest BCUT2D eigenvalue weighted by molar-refractivity contribution is -0.142. The number of esters is 1. The summed E-state index contributed by atoms with van der Waals surface area (Å²) >= 11 is 0. The van der Waals surface area contributed by atoms with Crippen LogP contribution in [-0.4, -0.2) is 18.4 Å². The number of benzene rings is 1. The highest BCUT2D eigenvalue weighted by molar-refractivity contribution is 5.93. The Bertz CT molecular complexity index is 446. The quantitative estimate of drug-likeness (QED) is 0.788. The summed E-state index contributed by atoms with van der Waals surface area (Å²) in [6, 6.07) is 3.75. The molecule has 1 aromatic rings. The van der Waals surface area contributed by atoms with Gasteiger partial charge in [0.05, 0.1) is 6.54 Å². The van der Waals surface area contributed by atoms with Crippen molar-refractivity contribution in [3.05, 3.63) is 28.8 Å². The Morgan fingerprint density at radius 1 is 1.28 bits per heavy atom. The molecular weight excluding hydrogens is 232 g/mol. The van der Waals surface area contributed by atoms with Gasteiger partial charge in [0.25, 0.3) is 0 Å². The summed E-state index contributed by atoms with van der Waals surface area (Å²) in [5.74, 6) is -0.542. The molecule has 1 amide bonds. The van der Waals surface area contributed by atoms with E-state index in [1.807, 2.05) is 26.0 Å². The molecule has 0 bridgehead atoms. The van der Waals surface area contributed by atoms with Gasteiger partial charge in [0.15, 0.2) is 0 Å². The van der Waals surface area contributed by atoms with E-state index in [1.165, 1.54) is 6.92 Å². The van der Waals surface area contributed by atoms with E-state index in [1.54, 1.807) is 0 Å². The van der Waals surface area contributed by atoms with Crippen molar-refractivity contribution in [2.45, 2.75) is 27.4 Å². The van der Waals surface area contributed by atoms with Crippen LogP contribution in [0.3, 0.4) is 0 Å². The second kappa shape index (κ2) is 6.16. The topological polar surface area (TPSA) is 81.4 Å². The maximum atomic E-state index is 11.3. The van der Waals surface area contributed by atoms with Crippen LogP contribution in [0.15, 0.2) is 12.1 Å². The third-order valence-electron chi connectivity index (χ3n) is 2.48. The van der Waals surface area contributed by atoms with E-state index >= 15 is 0 Å². The summed E-state index contributed by atoms with van der Waals surface area (Å²) in [6.45, 7) is 5.33. The zero-order valence-corrected chi connectivity index (χ0v) is 10.9. The molecule has 0 atom stereocenters. The predicted octanol–water partition coefficient (Wildman–Crippen LogP) is 1.26. The normalized spacial score (nSPS) is 10.0. The van der Waals surface area contributed by atoms with Crippen LogP contribution in [0.5, 0.6) is 0 Å². The van der Waals surface area contributed by atoms with E-state index < -0.39 is 0 Å². The average molecular weight is 250 g/mol. The summed E-state index contributed by atoms with van der Waals surface area (Å²) in [5, 5.41) is 2.75. The van der Waals surface area contributed by atoms with Crippen molar-refractivity contribution < 1.29 is 14.3 Å². The highest BCUT2D eigenvalue weighted by atomic mass is 16.5. The number of aryl methyl sites for hydroxylation is 2. The first kappa shape index (κ1) is 14.2. The third-order valence-corrected chi connectivity index (χ3v) is 2.48. The second-order valence-electron chi connectivity index (χ2n) is 4.14. The first-order chi connectivity index (χ1) is 8.43. The zero-order chi connectivity index (χ0) is 13.7. The minimum atomic E-state index is -0.314. The standard InChI is InChI=1S/C13H18N2O3/c1-8-4-11(7-18-10(3)16)5-9(2)13(8)15-12(17)6-14/h4-5H,6-7,14H2,1-3H3,(H,15,17). The molecular formula is C13H18N2O3. The molecule has 0 spiro atoms. The van der Waals surface area contributed by atoms with Gasteiger partial charge in [-0.25, -0.2) is 0 Å². The van der Waals surface area contributed by atoms with Crippen molar-refractivity contribution in [2.75, 3.05) is 11.9 Å². The molecule has 0 aliphatic heterocycles. The van der Waals surface area contributed by atoms with E-state index in [2.05, 4.69) is 5.32 Å². The number of nitrogens with one attached hydrogen (secondary N) is 1. The number of hydrogen-bond acceptors (Lipinski definition) is 4. The maximum absolute atomic E-state index is 11.3. The molecule has 0 aliphatic carbocycles. The molecule has 5 heteroatoms. The minimum Gasteiger partial charge on any atom is -0.461 e. The van der Waals surface area contributed by atoms with Crippen LogP contribution < -0.4 is 11.1 Å². The van der Waals surface area contributed by atoms with Gasteiger partial charge in [-0.05, 0) is 30.5 Å². The van der Waals surface area contributed by atoms with E-state index in [4.69, 9.17) is 10.5 Å². The molecule has 0 saturated heterocycles. The number of hydrogen-bond donors (Lipinski definition) is 2.